The average molecular weight is 453 g/mol. The van der Waals surface area contributed by atoms with E-state index in [1.165, 1.54) is 19.3 Å². The van der Waals surface area contributed by atoms with Crippen molar-refractivity contribution < 1.29 is 14.3 Å². The molecule has 1 aromatic rings. The number of hydrogen-bond donors (Lipinski definition) is 1. The molecule has 4 bridgehead atoms. The van der Waals surface area contributed by atoms with Gasteiger partial charge in [0.25, 0.3) is 5.91 Å². The lowest BCUT2D eigenvalue weighted by Gasteiger charge is -2.55. The predicted octanol–water partition coefficient (Wildman–Crippen LogP) is 4.30. The van der Waals surface area contributed by atoms with Crippen LogP contribution in [0, 0.1) is 33.7 Å². The molecule has 4 aliphatic carbocycles. The van der Waals surface area contributed by atoms with Gasteiger partial charge in [-0.25, -0.2) is 0 Å². The molecule has 5 rings (SSSR count). The van der Waals surface area contributed by atoms with Gasteiger partial charge in [-0.1, -0.05) is 0 Å². The molecule has 0 aliphatic heterocycles. The van der Waals surface area contributed by atoms with Gasteiger partial charge in [0.15, 0.2) is 6.61 Å². The Bertz CT molecular complexity index is 680. The average Bonchev–Trinajstić information content (AvgIpc) is 2.54. The first kappa shape index (κ1) is 17.3. The van der Waals surface area contributed by atoms with E-state index in [1.54, 1.807) is 0 Å². The van der Waals surface area contributed by atoms with Gasteiger partial charge in [-0.05, 0) is 110 Å². The van der Waals surface area contributed by atoms with E-state index in [-0.39, 0.29) is 23.9 Å². The summed E-state index contributed by atoms with van der Waals surface area (Å²) >= 11 is 2.24. The highest BCUT2D eigenvalue weighted by Crippen LogP contribution is 2.60. The third-order valence-corrected chi connectivity index (χ3v) is 6.94. The molecule has 4 fully saturated rings. The molecule has 4 saturated carbocycles. The van der Waals surface area contributed by atoms with Crippen LogP contribution < -0.4 is 5.32 Å². The Morgan fingerprint density at radius 2 is 1.76 bits per heavy atom. The molecule has 0 spiro atoms. The van der Waals surface area contributed by atoms with Gasteiger partial charge in [-0.2, -0.15) is 0 Å². The van der Waals surface area contributed by atoms with Crippen LogP contribution in [-0.2, 0) is 14.3 Å². The van der Waals surface area contributed by atoms with Gasteiger partial charge in [0.05, 0.1) is 5.41 Å². The van der Waals surface area contributed by atoms with Gasteiger partial charge < -0.3 is 10.1 Å². The molecule has 1 N–H and O–H groups in total. The normalized spacial score (nSPS) is 32.5. The van der Waals surface area contributed by atoms with E-state index in [0.717, 1.165) is 34.1 Å². The third-order valence-electron chi connectivity index (χ3n) is 6.27. The molecular weight excluding hydrogens is 429 g/mol. The lowest BCUT2D eigenvalue weighted by molar-refractivity contribution is -0.172. The Hall–Kier alpha value is -1.11. The number of benzene rings is 1. The van der Waals surface area contributed by atoms with Crippen molar-refractivity contribution in [2.45, 2.75) is 45.4 Å². The topological polar surface area (TPSA) is 55.4 Å². The number of amides is 1. The largest absolute Gasteiger partial charge is 0.455 e. The number of nitrogens with one attached hydrogen (secondary N) is 1. The van der Waals surface area contributed by atoms with E-state index in [1.807, 2.05) is 25.1 Å². The number of carbonyl (C=O) groups is 2. The van der Waals surface area contributed by atoms with Gasteiger partial charge in [-0.15, -0.1) is 0 Å². The van der Waals surface area contributed by atoms with Gasteiger partial charge >= 0.3 is 5.97 Å². The summed E-state index contributed by atoms with van der Waals surface area (Å²) in [4.78, 5) is 25.0. The van der Waals surface area contributed by atoms with E-state index in [0.29, 0.717) is 17.8 Å². The lowest BCUT2D eigenvalue weighted by Crippen LogP contribution is -2.50. The minimum absolute atomic E-state index is 0.138. The molecule has 0 saturated heterocycles. The summed E-state index contributed by atoms with van der Waals surface area (Å²) in [5, 5.41) is 2.85. The first-order valence-corrected chi connectivity index (χ1v) is 10.2. The van der Waals surface area contributed by atoms with Gasteiger partial charge in [-0.3, -0.25) is 9.59 Å². The molecule has 4 aliphatic rings. The summed E-state index contributed by atoms with van der Waals surface area (Å²) in [6, 6.07) is 5.85. The molecular formula is C20H24INO3. The highest BCUT2D eigenvalue weighted by molar-refractivity contribution is 14.1. The maximum Gasteiger partial charge on any atom is 0.312 e. The summed E-state index contributed by atoms with van der Waals surface area (Å²) in [6.45, 7) is 1.77. The van der Waals surface area contributed by atoms with Gasteiger partial charge in [0.1, 0.15) is 0 Å². The molecule has 1 aromatic carbocycles. The highest BCUT2D eigenvalue weighted by atomic mass is 127. The molecule has 5 heteroatoms. The fraction of sp³-hybridized carbons (Fsp3) is 0.600. The van der Waals surface area contributed by atoms with Crippen LogP contribution in [0.5, 0.6) is 0 Å². The summed E-state index contributed by atoms with van der Waals surface area (Å²) in [7, 11) is 0. The Kier molecular flexibility index (Phi) is 4.54. The Morgan fingerprint density at radius 3 is 2.32 bits per heavy atom. The van der Waals surface area contributed by atoms with Crippen LogP contribution in [0.1, 0.15) is 44.1 Å². The molecule has 4 nitrogen and oxygen atoms in total. The first-order valence-electron chi connectivity index (χ1n) is 9.17. The van der Waals surface area contributed by atoms with Crippen molar-refractivity contribution in [2.24, 2.45) is 23.2 Å². The van der Waals surface area contributed by atoms with Crippen LogP contribution in [0.15, 0.2) is 18.2 Å². The van der Waals surface area contributed by atoms with E-state index in [9.17, 15) is 9.59 Å². The van der Waals surface area contributed by atoms with Crippen molar-refractivity contribution in [3.05, 3.63) is 27.3 Å². The van der Waals surface area contributed by atoms with Gasteiger partial charge in [0.2, 0.25) is 0 Å². The Morgan fingerprint density at radius 1 is 1.16 bits per heavy atom. The maximum atomic E-state index is 12.8. The maximum absolute atomic E-state index is 12.8. The van der Waals surface area contributed by atoms with E-state index in [2.05, 4.69) is 27.9 Å². The smallest absolute Gasteiger partial charge is 0.312 e. The molecule has 0 atom stereocenters. The van der Waals surface area contributed by atoms with Crippen molar-refractivity contribution in [3.8, 4) is 0 Å². The molecule has 0 heterocycles. The number of anilines is 1. The minimum Gasteiger partial charge on any atom is -0.455 e. The second-order valence-corrected chi connectivity index (χ2v) is 9.53. The van der Waals surface area contributed by atoms with Crippen LogP contribution >= 0.6 is 22.6 Å². The standard InChI is InChI=1S/C20H24INO3/c1-12-4-16(21)2-3-17(12)22-18(23)11-25-19(24)20-8-13-5-14(9-20)7-15(6-13)10-20/h2-4,13-15H,5-11H2,1H3,(H,22,23). The number of ether oxygens (including phenoxy) is 1. The third kappa shape index (κ3) is 3.44. The minimum atomic E-state index is -0.298. The fourth-order valence-corrected chi connectivity index (χ4v) is 6.25. The second-order valence-electron chi connectivity index (χ2n) is 8.28. The summed E-state index contributed by atoms with van der Waals surface area (Å²) in [6.07, 6.45) is 6.78. The summed E-state index contributed by atoms with van der Waals surface area (Å²) in [5.41, 5.74) is 1.48. The SMILES string of the molecule is Cc1cc(I)ccc1NC(=O)COC(=O)C12CC3CC(CC(C3)C1)C2. The number of halogens is 1. The summed E-state index contributed by atoms with van der Waals surface area (Å²) in [5.74, 6) is 1.69. The molecule has 0 radical (unpaired) electrons. The van der Waals surface area contributed by atoms with Crippen LogP contribution in [0.25, 0.3) is 0 Å². The zero-order chi connectivity index (χ0) is 17.6. The summed E-state index contributed by atoms with van der Waals surface area (Å²) < 4.78 is 6.60. The van der Waals surface area contributed by atoms with E-state index < -0.39 is 0 Å². The zero-order valence-corrected chi connectivity index (χ0v) is 16.7. The fourth-order valence-electron chi connectivity index (χ4n) is 5.60. The number of rotatable bonds is 4. The molecule has 0 aromatic heterocycles. The molecule has 1 amide bonds. The number of hydrogen-bond acceptors (Lipinski definition) is 3. The lowest BCUT2D eigenvalue weighted by atomic mass is 9.49. The Balaban J connectivity index is 1.35. The monoisotopic (exact) mass is 453 g/mol. The Labute approximate surface area is 162 Å². The van der Waals surface area contributed by atoms with Crippen molar-refractivity contribution in [3.63, 3.8) is 0 Å². The quantitative estimate of drug-likeness (QED) is 0.547. The highest BCUT2D eigenvalue weighted by Gasteiger charge is 2.55. The first-order chi connectivity index (χ1) is 11.9. The second kappa shape index (κ2) is 6.56. The van der Waals surface area contributed by atoms with Crippen LogP contribution in [0.4, 0.5) is 5.69 Å². The number of esters is 1. The number of aryl methyl sites for hydroxylation is 1. The zero-order valence-electron chi connectivity index (χ0n) is 14.5. The molecule has 0 unspecified atom stereocenters. The number of carbonyl (C=O) groups excluding carboxylic acids is 2. The van der Waals surface area contributed by atoms with Crippen LogP contribution in [0.3, 0.4) is 0 Å². The van der Waals surface area contributed by atoms with Crippen molar-refractivity contribution in [1.82, 2.24) is 0 Å². The van der Waals surface area contributed by atoms with E-state index in [4.69, 9.17) is 4.74 Å². The molecule has 134 valence electrons. The predicted molar refractivity (Wildman–Crippen MR) is 104 cm³/mol. The van der Waals surface area contributed by atoms with Crippen molar-refractivity contribution in [1.29, 1.82) is 0 Å². The van der Waals surface area contributed by atoms with Gasteiger partial charge in [0, 0.05) is 9.26 Å². The van der Waals surface area contributed by atoms with E-state index >= 15 is 0 Å². The van der Waals surface area contributed by atoms with Crippen LogP contribution in [-0.4, -0.2) is 18.5 Å². The van der Waals surface area contributed by atoms with Crippen LogP contribution in [0.2, 0.25) is 0 Å². The van der Waals surface area contributed by atoms with Crippen molar-refractivity contribution >= 4 is 40.2 Å². The van der Waals surface area contributed by atoms with Crippen molar-refractivity contribution in [2.75, 3.05) is 11.9 Å². The molecule has 25 heavy (non-hydrogen) atoms.